The van der Waals surface area contributed by atoms with Gasteiger partial charge in [0.1, 0.15) is 5.54 Å². The van der Waals surface area contributed by atoms with E-state index >= 15 is 0 Å². The van der Waals surface area contributed by atoms with Gasteiger partial charge in [-0.3, -0.25) is 0 Å². The highest BCUT2D eigenvalue weighted by atomic mass is 79.9. The van der Waals surface area contributed by atoms with Gasteiger partial charge in [-0.05, 0) is 45.4 Å². The van der Waals surface area contributed by atoms with E-state index in [0.717, 1.165) is 15.6 Å². The highest BCUT2D eigenvalue weighted by Crippen LogP contribution is 2.26. The summed E-state index contributed by atoms with van der Waals surface area (Å²) >= 11 is 3.50. The summed E-state index contributed by atoms with van der Waals surface area (Å²) in [6.07, 6.45) is 0.104. The normalized spacial score (nSPS) is 14.4. The average Bonchev–Trinajstić information content (AvgIpc) is 2.90. The molecular weight excluding hydrogens is 334 g/mol. The molecule has 0 aliphatic carbocycles. The Morgan fingerprint density at radius 3 is 2.76 bits per heavy atom. The molecule has 114 valence electrons. The molecule has 1 aromatic heterocycles. The summed E-state index contributed by atoms with van der Waals surface area (Å²) in [5.74, 6) is 0.891. The van der Waals surface area contributed by atoms with Crippen molar-refractivity contribution in [3.05, 3.63) is 34.1 Å². The van der Waals surface area contributed by atoms with Gasteiger partial charge in [0.2, 0.25) is 0 Å². The lowest BCUT2D eigenvalue weighted by atomic mass is 10.1. The SMILES string of the molecule is Cc1ccc(-c2nc(C(C)(N)COC(C)C)no2)cc1Br. The van der Waals surface area contributed by atoms with Crippen LogP contribution in [0.5, 0.6) is 0 Å². The minimum Gasteiger partial charge on any atom is -0.376 e. The molecule has 0 aliphatic heterocycles. The van der Waals surface area contributed by atoms with Crippen LogP contribution in [-0.2, 0) is 10.3 Å². The monoisotopic (exact) mass is 353 g/mol. The second-order valence-corrected chi connectivity index (χ2v) is 6.52. The third-order valence-corrected chi connectivity index (χ3v) is 3.93. The molecule has 0 fully saturated rings. The summed E-state index contributed by atoms with van der Waals surface area (Å²) in [6.45, 7) is 8.10. The van der Waals surface area contributed by atoms with E-state index in [0.29, 0.717) is 18.3 Å². The fourth-order valence-corrected chi connectivity index (χ4v) is 2.08. The second kappa shape index (κ2) is 6.25. The maximum atomic E-state index is 6.21. The molecule has 0 saturated carbocycles. The molecule has 1 heterocycles. The summed E-state index contributed by atoms with van der Waals surface area (Å²) in [5.41, 5.74) is 7.43. The van der Waals surface area contributed by atoms with E-state index in [4.69, 9.17) is 15.0 Å². The Labute approximate surface area is 133 Å². The number of aromatic nitrogens is 2. The van der Waals surface area contributed by atoms with Crippen LogP contribution >= 0.6 is 15.9 Å². The molecular formula is C15H20BrN3O2. The number of nitrogens with two attached hydrogens (primary N) is 1. The number of ether oxygens (including phenoxy) is 1. The maximum Gasteiger partial charge on any atom is 0.258 e. The summed E-state index contributed by atoms with van der Waals surface area (Å²) in [6, 6.07) is 5.88. The van der Waals surface area contributed by atoms with Crippen LogP contribution in [0.15, 0.2) is 27.2 Å². The van der Waals surface area contributed by atoms with E-state index in [9.17, 15) is 0 Å². The summed E-state index contributed by atoms with van der Waals surface area (Å²) < 4.78 is 11.9. The third-order valence-electron chi connectivity index (χ3n) is 3.07. The first-order chi connectivity index (χ1) is 9.79. The van der Waals surface area contributed by atoms with Gasteiger partial charge in [0.05, 0.1) is 12.7 Å². The van der Waals surface area contributed by atoms with Gasteiger partial charge in [0.25, 0.3) is 5.89 Å². The number of benzene rings is 1. The molecule has 21 heavy (non-hydrogen) atoms. The van der Waals surface area contributed by atoms with Gasteiger partial charge < -0.3 is 15.0 Å². The molecule has 2 N–H and O–H groups in total. The second-order valence-electron chi connectivity index (χ2n) is 5.66. The van der Waals surface area contributed by atoms with Crippen LogP contribution in [0.1, 0.15) is 32.2 Å². The van der Waals surface area contributed by atoms with Crippen LogP contribution in [-0.4, -0.2) is 22.9 Å². The van der Waals surface area contributed by atoms with Crippen molar-refractivity contribution >= 4 is 15.9 Å². The summed E-state index contributed by atoms with van der Waals surface area (Å²) in [5, 5.41) is 3.99. The van der Waals surface area contributed by atoms with Gasteiger partial charge in [-0.15, -0.1) is 0 Å². The lowest BCUT2D eigenvalue weighted by Crippen LogP contribution is -2.40. The molecule has 0 aliphatic rings. The van der Waals surface area contributed by atoms with Crippen molar-refractivity contribution in [3.63, 3.8) is 0 Å². The molecule has 6 heteroatoms. The summed E-state index contributed by atoms with van der Waals surface area (Å²) in [7, 11) is 0. The third kappa shape index (κ3) is 3.90. The Bertz CT molecular complexity index is 623. The predicted octanol–water partition coefficient (Wildman–Crippen LogP) is 3.41. The van der Waals surface area contributed by atoms with Crippen LogP contribution in [0, 0.1) is 6.92 Å². The lowest BCUT2D eigenvalue weighted by Gasteiger charge is -2.21. The Kier molecular flexibility index (Phi) is 4.81. The zero-order valence-electron chi connectivity index (χ0n) is 12.7. The van der Waals surface area contributed by atoms with Crippen molar-refractivity contribution in [2.45, 2.75) is 39.3 Å². The standard InChI is InChI=1S/C15H20BrN3O2/c1-9(2)20-8-15(4,17)14-18-13(21-19-14)11-6-5-10(3)12(16)7-11/h5-7,9H,8,17H2,1-4H3. The minimum atomic E-state index is -0.784. The lowest BCUT2D eigenvalue weighted by molar-refractivity contribution is 0.0410. The fourth-order valence-electron chi connectivity index (χ4n) is 1.70. The van der Waals surface area contributed by atoms with Crippen molar-refractivity contribution in [2.75, 3.05) is 6.61 Å². The Morgan fingerprint density at radius 2 is 2.14 bits per heavy atom. The van der Waals surface area contributed by atoms with Crippen LogP contribution in [0.3, 0.4) is 0 Å². The van der Waals surface area contributed by atoms with Crippen LogP contribution in [0.2, 0.25) is 0 Å². The van der Waals surface area contributed by atoms with Gasteiger partial charge in [-0.2, -0.15) is 4.98 Å². The molecule has 0 radical (unpaired) electrons. The number of aryl methyl sites for hydroxylation is 1. The zero-order valence-corrected chi connectivity index (χ0v) is 14.3. The van der Waals surface area contributed by atoms with Crippen molar-refractivity contribution in [3.8, 4) is 11.5 Å². The van der Waals surface area contributed by atoms with Crippen molar-refractivity contribution in [2.24, 2.45) is 5.73 Å². The van der Waals surface area contributed by atoms with Crippen molar-refractivity contribution < 1.29 is 9.26 Å². The van der Waals surface area contributed by atoms with Gasteiger partial charge in [0.15, 0.2) is 5.82 Å². The van der Waals surface area contributed by atoms with Crippen LogP contribution in [0.4, 0.5) is 0 Å². The van der Waals surface area contributed by atoms with Crippen molar-refractivity contribution in [1.29, 1.82) is 0 Å². The maximum absolute atomic E-state index is 6.21. The number of halogens is 1. The van der Waals surface area contributed by atoms with Crippen LogP contribution < -0.4 is 5.73 Å². The number of nitrogens with zero attached hydrogens (tertiary/aromatic N) is 2. The van der Waals surface area contributed by atoms with Crippen LogP contribution in [0.25, 0.3) is 11.5 Å². The number of hydrogen-bond donors (Lipinski definition) is 1. The van der Waals surface area contributed by atoms with E-state index < -0.39 is 5.54 Å². The molecule has 0 bridgehead atoms. The number of rotatable bonds is 5. The Hall–Kier alpha value is -1.24. The van der Waals surface area contributed by atoms with E-state index in [1.165, 1.54) is 0 Å². The molecule has 1 atom stereocenters. The minimum absolute atomic E-state index is 0.104. The molecule has 2 aromatic rings. The van der Waals surface area contributed by atoms with Gasteiger partial charge in [-0.25, -0.2) is 0 Å². The van der Waals surface area contributed by atoms with Gasteiger partial charge >= 0.3 is 0 Å². The van der Waals surface area contributed by atoms with E-state index in [1.807, 2.05) is 45.9 Å². The van der Waals surface area contributed by atoms with E-state index in [1.54, 1.807) is 0 Å². The highest BCUT2D eigenvalue weighted by Gasteiger charge is 2.28. The molecule has 0 spiro atoms. The highest BCUT2D eigenvalue weighted by molar-refractivity contribution is 9.10. The molecule has 2 rings (SSSR count). The largest absolute Gasteiger partial charge is 0.376 e. The predicted molar refractivity (Wildman–Crippen MR) is 84.8 cm³/mol. The Morgan fingerprint density at radius 1 is 1.43 bits per heavy atom. The topological polar surface area (TPSA) is 74.2 Å². The van der Waals surface area contributed by atoms with E-state index in [-0.39, 0.29) is 6.10 Å². The molecule has 1 unspecified atom stereocenters. The zero-order chi connectivity index (χ0) is 15.6. The quantitative estimate of drug-likeness (QED) is 0.891. The van der Waals surface area contributed by atoms with E-state index in [2.05, 4.69) is 26.1 Å². The molecule has 0 saturated heterocycles. The van der Waals surface area contributed by atoms with Crippen molar-refractivity contribution in [1.82, 2.24) is 10.1 Å². The average molecular weight is 354 g/mol. The first kappa shape index (κ1) is 16.1. The Balaban J connectivity index is 2.22. The first-order valence-electron chi connectivity index (χ1n) is 6.81. The smallest absolute Gasteiger partial charge is 0.258 e. The fraction of sp³-hybridized carbons (Fsp3) is 0.467. The molecule has 0 amide bonds. The molecule has 5 nitrogen and oxygen atoms in total. The van der Waals surface area contributed by atoms with Gasteiger partial charge in [-0.1, -0.05) is 27.2 Å². The summed E-state index contributed by atoms with van der Waals surface area (Å²) in [4.78, 5) is 4.40. The van der Waals surface area contributed by atoms with Gasteiger partial charge in [0, 0.05) is 10.0 Å². The molecule has 1 aromatic carbocycles. The number of hydrogen-bond acceptors (Lipinski definition) is 5. The first-order valence-corrected chi connectivity index (χ1v) is 7.60.